The van der Waals surface area contributed by atoms with Crippen LogP contribution >= 0.6 is 0 Å². The summed E-state index contributed by atoms with van der Waals surface area (Å²) in [6.07, 6.45) is 5.53. The zero-order valence-electron chi connectivity index (χ0n) is 17.6. The molecular weight excluding hydrogens is 366 g/mol. The first-order valence-electron chi connectivity index (χ1n) is 9.80. The Morgan fingerprint density at radius 1 is 0.862 bits per heavy atom. The number of allylic oxidation sites excluding steroid dienone is 1. The molecule has 3 aromatic rings. The average Bonchev–Trinajstić information content (AvgIpc) is 3.14. The summed E-state index contributed by atoms with van der Waals surface area (Å²) in [5.74, 6) is 2.82. The van der Waals surface area contributed by atoms with Crippen LogP contribution in [-0.4, -0.2) is 33.4 Å². The number of hydrogen-bond acceptors (Lipinski definition) is 4. The molecule has 1 aliphatic carbocycles. The number of aromatic nitrogens is 1. The zero-order chi connectivity index (χ0) is 20.5. The van der Waals surface area contributed by atoms with E-state index in [0.717, 1.165) is 35.2 Å². The molecule has 4 rings (SSSR count). The number of hydrogen-bond donors (Lipinski definition) is 1. The molecule has 0 aliphatic heterocycles. The summed E-state index contributed by atoms with van der Waals surface area (Å²) in [6.45, 7) is 2.08. The van der Waals surface area contributed by atoms with Crippen LogP contribution in [0.15, 0.2) is 36.0 Å². The maximum Gasteiger partial charge on any atom is 0.203 e. The molecule has 152 valence electrons. The third-order valence-electron chi connectivity index (χ3n) is 5.82. The minimum absolute atomic E-state index is 0.608. The number of rotatable bonds is 6. The molecule has 0 amide bonds. The highest BCUT2D eigenvalue weighted by Crippen LogP contribution is 2.46. The molecule has 2 aromatic carbocycles. The highest BCUT2D eigenvalue weighted by molar-refractivity contribution is 6.00. The minimum Gasteiger partial charge on any atom is -0.496 e. The summed E-state index contributed by atoms with van der Waals surface area (Å²) in [6, 6.07) is 8.24. The second-order valence-corrected chi connectivity index (χ2v) is 7.26. The van der Waals surface area contributed by atoms with Crippen molar-refractivity contribution in [3.63, 3.8) is 0 Å². The Morgan fingerprint density at radius 3 is 2.03 bits per heavy atom. The maximum absolute atomic E-state index is 5.60. The number of benzene rings is 2. The van der Waals surface area contributed by atoms with Gasteiger partial charge in [0.25, 0.3) is 0 Å². The summed E-state index contributed by atoms with van der Waals surface area (Å²) >= 11 is 0. The van der Waals surface area contributed by atoms with Crippen LogP contribution in [0.1, 0.15) is 36.0 Å². The molecule has 0 spiro atoms. The lowest BCUT2D eigenvalue weighted by atomic mass is 9.82. The van der Waals surface area contributed by atoms with E-state index in [9.17, 15) is 0 Å². The standard InChI is InChI=1S/C24H27NO4/c1-14-19(26-2)10-9-17-18(13-25-23(14)17)22(15-7-6-8-15)16-11-20(27-3)24(29-5)21(12-16)28-4/h9-13,25H,6-8H2,1-5H3. The van der Waals surface area contributed by atoms with Gasteiger partial charge in [0.1, 0.15) is 5.75 Å². The van der Waals surface area contributed by atoms with E-state index in [4.69, 9.17) is 18.9 Å². The molecule has 0 atom stereocenters. The molecule has 1 fully saturated rings. The monoisotopic (exact) mass is 393 g/mol. The van der Waals surface area contributed by atoms with Crippen LogP contribution in [0.3, 0.4) is 0 Å². The van der Waals surface area contributed by atoms with Gasteiger partial charge < -0.3 is 23.9 Å². The number of methoxy groups -OCH3 is 4. The first kappa shape index (κ1) is 19.2. The van der Waals surface area contributed by atoms with Crippen LogP contribution < -0.4 is 18.9 Å². The number of H-pyrrole nitrogens is 1. The third-order valence-corrected chi connectivity index (χ3v) is 5.82. The molecule has 1 heterocycles. The molecule has 0 bridgehead atoms. The fourth-order valence-electron chi connectivity index (χ4n) is 4.13. The molecule has 5 heteroatoms. The van der Waals surface area contributed by atoms with Crippen LogP contribution in [0.4, 0.5) is 0 Å². The van der Waals surface area contributed by atoms with Crippen LogP contribution in [-0.2, 0) is 0 Å². The Bertz CT molecular complexity index is 1060. The van der Waals surface area contributed by atoms with E-state index in [-0.39, 0.29) is 0 Å². The van der Waals surface area contributed by atoms with E-state index in [2.05, 4.69) is 24.2 Å². The van der Waals surface area contributed by atoms with Crippen molar-refractivity contribution in [1.29, 1.82) is 0 Å². The number of fused-ring (bicyclic) bond motifs is 1. The Morgan fingerprint density at radius 2 is 1.52 bits per heavy atom. The van der Waals surface area contributed by atoms with Gasteiger partial charge in [-0.05, 0) is 61.6 Å². The molecule has 29 heavy (non-hydrogen) atoms. The van der Waals surface area contributed by atoms with Gasteiger partial charge in [0.2, 0.25) is 5.75 Å². The van der Waals surface area contributed by atoms with Crippen LogP contribution in [0, 0.1) is 6.92 Å². The van der Waals surface area contributed by atoms with Crippen molar-refractivity contribution in [1.82, 2.24) is 4.98 Å². The highest BCUT2D eigenvalue weighted by Gasteiger charge is 2.23. The van der Waals surface area contributed by atoms with Gasteiger partial charge in [-0.15, -0.1) is 0 Å². The van der Waals surface area contributed by atoms with Gasteiger partial charge in [-0.25, -0.2) is 0 Å². The molecule has 1 aromatic heterocycles. The van der Waals surface area contributed by atoms with E-state index < -0.39 is 0 Å². The largest absolute Gasteiger partial charge is 0.496 e. The van der Waals surface area contributed by atoms with Crippen molar-refractivity contribution in [3.8, 4) is 23.0 Å². The summed E-state index contributed by atoms with van der Waals surface area (Å²) in [4.78, 5) is 3.46. The van der Waals surface area contributed by atoms with E-state index in [1.165, 1.54) is 28.5 Å². The van der Waals surface area contributed by atoms with Crippen molar-refractivity contribution in [2.45, 2.75) is 26.2 Å². The predicted molar refractivity (Wildman–Crippen MR) is 116 cm³/mol. The Labute approximate surface area is 171 Å². The fraction of sp³-hybridized carbons (Fsp3) is 0.333. The van der Waals surface area contributed by atoms with Gasteiger partial charge in [0.15, 0.2) is 11.5 Å². The smallest absolute Gasteiger partial charge is 0.203 e. The van der Waals surface area contributed by atoms with Crippen molar-refractivity contribution in [2.75, 3.05) is 28.4 Å². The first-order chi connectivity index (χ1) is 14.1. The van der Waals surface area contributed by atoms with Crippen LogP contribution in [0.5, 0.6) is 23.0 Å². The lowest BCUT2D eigenvalue weighted by Crippen LogP contribution is -2.04. The SMILES string of the molecule is COc1cc(C(=C2CCC2)c2c[nH]c3c(C)c(OC)ccc23)cc(OC)c1OC. The summed E-state index contributed by atoms with van der Waals surface area (Å²) < 4.78 is 22.2. The van der Waals surface area contributed by atoms with Crippen molar-refractivity contribution in [3.05, 3.63) is 52.7 Å². The predicted octanol–water partition coefficient (Wildman–Crippen LogP) is 5.50. The van der Waals surface area contributed by atoms with E-state index in [0.29, 0.717) is 17.2 Å². The van der Waals surface area contributed by atoms with Gasteiger partial charge in [0.05, 0.1) is 34.0 Å². The van der Waals surface area contributed by atoms with Crippen molar-refractivity contribution < 1.29 is 18.9 Å². The van der Waals surface area contributed by atoms with Gasteiger partial charge in [-0.1, -0.05) is 5.57 Å². The molecule has 0 radical (unpaired) electrons. The molecule has 0 saturated heterocycles. The van der Waals surface area contributed by atoms with Crippen molar-refractivity contribution >= 4 is 16.5 Å². The minimum atomic E-state index is 0.608. The topological polar surface area (TPSA) is 52.7 Å². The highest BCUT2D eigenvalue weighted by atomic mass is 16.5. The summed E-state index contributed by atoms with van der Waals surface area (Å²) in [7, 11) is 6.63. The van der Waals surface area contributed by atoms with Crippen LogP contribution in [0.25, 0.3) is 16.5 Å². The van der Waals surface area contributed by atoms with Gasteiger partial charge in [-0.3, -0.25) is 0 Å². The zero-order valence-corrected chi connectivity index (χ0v) is 17.6. The Kier molecular flexibility index (Phi) is 5.14. The van der Waals surface area contributed by atoms with Crippen molar-refractivity contribution in [2.24, 2.45) is 0 Å². The van der Waals surface area contributed by atoms with Gasteiger partial charge >= 0.3 is 0 Å². The second-order valence-electron chi connectivity index (χ2n) is 7.26. The van der Waals surface area contributed by atoms with E-state index >= 15 is 0 Å². The molecule has 0 unspecified atom stereocenters. The number of aromatic amines is 1. The number of ether oxygens (including phenoxy) is 4. The number of aryl methyl sites for hydroxylation is 1. The summed E-state index contributed by atoms with van der Waals surface area (Å²) in [5.41, 5.74) is 7.17. The molecule has 1 saturated carbocycles. The molecular formula is C24H27NO4. The lowest BCUT2D eigenvalue weighted by molar-refractivity contribution is 0.324. The lowest BCUT2D eigenvalue weighted by Gasteiger charge is -2.24. The Balaban J connectivity index is 1.95. The summed E-state index contributed by atoms with van der Waals surface area (Å²) in [5, 5.41) is 1.19. The van der Waals surface area contributed by atoms with Gasteiger partial charge in [-0.2, -0.15) is 0 Å². The molecule has 5 nitrogen and oxygen atoms in total. The number of nitrogens with one attached hydrogen (secondary N) is 1. The maximum atomic E-state index is 5.60. The Hall–Kier alpha value is -3.08. The normalized spacial score (nSPS) is 13.2. The second kappa shape index (κ2) is 7.74. The van der Waals surface area contributed by atoms with Gasteiger partial charge in [0, 0.05) is 22.7 Å². The van der Waals surface area contributed by atoms with E-state index in [1.54, 1.807) is 28.4 Å². The van der Waals surface area contributed by atoms with Crippen LogP contribution in [0.2, 0.25) is 0 Å². The first-order valence-corrected chi connectivity index (χ1v) is 9.80. The third kappa shape index (κ3) is 3.11. The van der Waals surface area contributed by atoms with E-state index in [1.807, 2.05) is 18.2 Å². The average molecular weight is 393 g/mol. The fourth-order valence-corrected chi connectivity index (χ4v) is 4.13. The molecule has 1 N–H and O–H groups in total. The molecule has 1 aliphatic rings. The quantitative estimate of drug-likeness (QED) is 0.601.